The van der Waals surface area contributed by atoms with Gasteiger partial charge in [0.2, 0.25) is 5.43 Å². The third-order valence-electron chi connectivity index (χ3n) is 2.55. The number of pyridine rings is 1. The van der Waals surface area contributed by atoms with E-state index in [-0.39, 0.29) is 0 Å². The van der Waals surface area contributed by atoms with E-state index < -0.39 is 22.8 Å². The first-order chi connectivity index (χ1) is 8.49. The van der Waals surface area contributed by atoms with Gasteiger partial charge in [-0.2, -0.15) is 0 Å². The Morgan fingerprint density at radius 2 is 2.00 bits per heavy atom. The second kappa shape index (κ2) is 4.37. The van der Waals surface area contributed by atoms with E-state index in [1.165, 1.54) is 6.07 Å². The van der Waals surface area contributed by atoms with E-state index in [0.29, 0.717) is 11.3 Å². The van der Waals surface area contributed by atoms with Crippen LogP contribution < -0.4 is 5.43 Å². The second-order valence-corrected chi connectivity index (χ2v) is 3.95. The van der Waals surface area contributed by atoms with Gasteiger partial charge in [-0.3, -0.25) is 4.79 Å². The molecule has 0 unspecified atom stereocenters. The summed E-state index contributed by atoms with van der Waals surface area (Å²) in [6, 6.07) is 8.43. The summed E-state index contributed by atoms with van der Waals surface area (Å²) in [7, 11) is 0. The minimum atomic E-state index is -1.38. The van der Waals surface area contributed by atoms with Crippen LogP contribution in [-0.4, -0.2) is 21.2 Å². The van der Waals surface area contributed by atoms with Gasteiger partial charge in [0.25, 0.3) is 0 Å². The normalized spacial score (nSPS) is 10.3. The summed E-state index contributed by atoms with van der Waals surface area (Å²) < 4.78 is 0. The molecule has 0 aliphatic heterocycles. The molecule has 1 heterocycles. The van der Waals surface area contributed by atoms with Crippen LogP contribution >= 0.6 is 0 Å². The molecule has 0 fully saturated rings. The van der Waals surface area contributed by atoms with Crippen LogP contribution in [0.4, 0.5) is 0 Å². The minimum absolute atomic E-state index is 0.360. The molecule has 2 aromatic rings. The van der Waals surface area contributed by atoms with Crippen molar-refractivity contribution in [3.8, 4) is 17.0 Å². The maximum Gasteiger partial charge on any atom is 0.356 e. The molecule has 0 aliphatic rings. The van der Waals surface area contributed by atoms with E-state index in [1.54, 1.807) is 12.1 Å². The van der Waals surface area contributed by atoms with Gasteiger partial charge in [0, 0.05) is 6.07 Å². The van der Waals surface area contributed by atoms with Crippen molar-refractivity contribution in [2.24, 2.45) is 0 Å². The molecule has 0 aliphatic carbocycles. The van der Waals surface area contributed by atoms with Crippen LogP contribution in [0.2, 0.25) is 0 Å². The molecule has 2 rings (SSSR count). The van der Waals surface area contributed by atoms with Crippen LogP contribution in [-0.2, 0) is 0 Å². The number of carboxylic acids is 1. The first-order valence-corrected chi connectivity index (χ1v) is 5.25. The molecule has 92 valence electrons. The number of carbonyl (C=O) groups is 1. The highest BCUT2D eigenvalue weighted by Crippen LogP contribution is 2.20. The molecule has 0 radical (unpaired) electrons. The Hall–Kier alpha value is -2.56. The zero-order valence-electron chi connectivity index (χ0n) is 9.60. The van der Waals surface area contributed by atoms with Crippen LogP contribution in [0, 0.1) is 6.92 Å². The van der Waals surface area contributed by atoms with E-state index in [4.69, 9.17) is 5.11 Å². The number of benzene rings is 1. The number of carboxylic acid groups (broad SMARTS) is 1. The molecule has 5 heteroatoms. The highest BCUT2D eigenvalue weighted by molar-refractivity contribution is 5.89. The molecular weight excluding hydrogens is 234 g/mol. The summed E-state index contributed by atoms with van der Waals surface area (Å²) in [5, 5.41) is 18.3. The molecule has 1 aromatic heterocycles. The average Bonchev–Trinajstić information content (AvgIpc) is 2.32. The monoisotopic (exact) mass is 245 g/mol. The third kappa shape index (κ3) is 2.10. The number of aromatic hydroxyl groups is 1. The summed E-state index contributed by atoms with van der Waals surface area (Å²) >= 11 is 0. The van der Waals surface area contributed by atoms with Crippen LogP contribution in [0.5, 0.6) is 5.75 Å². The van der Waals surface area contributed by atoms with Crippen LogP contribution in [0.25, 0.3) is 11.3 Å². The van der Waals surface area contributed by atoms with Crippen LogP contribution in [0.15, 0.2) is 35.1 Å². The Morgan fingerprint density at radius 1 is 1.28 bits per heavy atom. The number of aryl methyl sites for hydroxylation is 1. The fourth-order valence-electron chi connectivity index (χ4n) is 1.68. The van der Waals surface area contributed by atoms with Crippen molar-refractivity contribution in [3.63, 3.8) is 0 Å². The zero-order valence-corrected chi connectivity index (χ0v) is 9.60. The standard InChI is InChI=1S/C13H11NO4/c1-7-3-2-4-8(5-7)9-6-10(15)12(16)11(14-9)13(17)18/h2-6,16H,1H3,(H,14,15)(H,17,18). The molecular formula is C13H11NO4. The van der Waals surface area contributed by atoms with Crippen molar-refractivity contribution >= 4 is 5.97 Å². The number of rotatable bonds is 2. The average molecular weight is 245 g/mol. The smallest absolute Gasteiger partial charge is 0.356 e. The van der Waals surface area contributed by atoms with E-state index in [1.807, 2.05) is 19.1 Å². The van der Waals surface area contributed by atoms with Gasteiger partial charge in [0.15, 0.2) is 11.4 Å². The lowest BCUT2D eigenvalue weighted by Gasteiger charge is -2.06. The predicted octanol–water partition coefficient (Wildman–Crippen LogP) is 1.75. The molecule has 0 atom stereocenters. The van der Waals surface area contributed by atoms with E-state index in [9.17, 15) is 14.7 Å². The minimum Gasteiger partial charge on any atom is -0.502 e. The fraction of sp³-hybridized carbons (Fsp3) is 0.0769. The predicted molar refractivity (Wildman–Crippen MR) is 65.9 cm³/mol. The Morgan fingerprint density at radius 3 is 2.61 bits per heavy atom. The number of H-pyrrole nitrogens is 1. The Balaban J connectivity index is 2.66. The topological polar surface area (TPSA) is 90.4 Å². The highest BCUT2D eigenvalue weighted by atomic mass is 16.4. The third-order valence-corrected chi connectivity index (χ3v) is 2.55. The SMILES string of the molecule is Cc1cccc(-c2cc(=O)c(O)c(C(=O)O)[nH]2)c1. The van der Waals surface area contributed by atoms with E-state index >= 15 is 0 Å². The molecule has 3 N–H and O–H groups in total. The molecule has 1 aromatic carbocycles. The van der Waals surface area contributed by atoms with Gasteiger partial charge in [-0.15, -0.1) is 0 Å². The molecule has 0 spiro atoms. The first-order valence-electron chi connectivity index (χ1n) is 5.25. The van der Waals surface area contributed by atoms with Crippen molar-refractivity contribution in [2.45, 2.75) is 6.92 Å². The van der Waals surface area contributed by atoms with Gasteiger partial charge in [-0.1, -0.05) is 23.8 Å². The number of hydrogen-bond donors (Lipinski definition) is 3. The van der Waals surface area contributed by atoms with Crippen molar-refractivity contribution in [1.29, 1.82) is 0 Å². The lowest BCUT2D eigenvalue weighted by molar-refractivity contribution is 0.0687. The fourth-order valence-corrected chi connectivity index (χ4v) is 1.68. The van der Waals surface area contributed by atoms with Gasteiger partial charge >= 0.3 is 5.97 Å². The van der Waals surface area contributed by atoms with Gasteiger partial charge in [0.1, 0.15) is 0 Å². The van der Waals surface area contributed by atoms with Crippen molar-refractivity contribution in [1.82, 2.24) is 4.98 Å². The van der Waals surface area contributed by atoms with Crippen LogP contribution in [0.3, 0.4) is 0 Å². The number of aromatic amines is 1. The second-order valence-electron chi connectivity index (χ2n) is 3.95. The lowest BCUT2D eigenvalue weighted by atomic mass is 10.1. The summed E-state index contributed by atoms with van der Waals surface area (Å²) in [5.41, 5.74) is 0.813. The first kappa shape index (κ1) is 11.9. The van der Waals surface area contributed by atoms with Crippen molar-refractivity contribution < 1.29 is 15.0 Å². The number of hydrogen-bond acceptors (Lipinski definition) is 3. The molecule has 0 amide bonds. The highest BCUT2D eigenvalue weighted by Gasteiger charge is 2.15. The number of aromatic carboxylic acids is 1. The zero-order chi connectivity index (χ0) is 13.3. The summed E-state index contributed by atoms with van der Waals surface area (Å²) in [6.07, 6.45) is 0. The quantitative estimate of drug-likeness (QED) is 0.751. The summed E-state index contributed by atoms with van der Waals surface area (Å²) in [6.45, 7) is 1.89. The Labute approximate surface area is 102 Å². The number of aromatic nitrogens is 1. The number of nitrogens with one attached hydrogen (secondary N) is 1. The van der Waals surface area contributed by atoms with E-state index in [2.05, 4.69) is 4.98 Å². The van der Waals surface area contributed by atoms with Gasteiger partial charge < -0.3 is 15.2 Å². The summed E-state index contributed by atoms with van der Waals surface area (Å²) in [5.74, 6) is -2.15. The lowest BCUT2D eigenvalue weighted by Crippen LogP contribution is -2.10. The van der Waals surface area contributed by atoms with E-state index in [0.717, 1.165) is 5.56 Å². The van der Waals surface area contributed by atoms with Crippen molar-refractivity contribution in [2.75, 3.05) is 0 Å². The van der Waals surface area contributed by atoms with Crippen LogP contribution in [0.1, 0.15) is 16.1 Å². The van der Waals surface area contributed by atoms with Gasteiger partial charge in [0.05, 0.1) is 5.69 Å². The molecule has 18 heavy (non-hydrogen) atoms. The van der Waals surface area contributed by atoms with Gasteiger partial charge in [-0.25, -0.2) is 4.79 Å². The maximum atomic E-state index is 11.5. The largest absolute Gasteiger partial charge is 0.502 e. The Bertz CT molecular complexity index is 673. The molecule has 0 saturated heterocycles. The van der Waals surface area contributed by atoms with Gasteiger partial charge in [-0.05, 0) is 18.6 Å². The molecule has 5 nitrogen and oxygen atoms in total. The summed E-state index contributed by atoms with van der Waals surface area (Å²) in [4.78, 5) is 24.9. The molecule has 0 bridgehead atoms. The van der Waals surface area contributed by atoms with Crippen molar-refractivity contribution in [3.05, 3.63) is 51.8 Å². The Kier molecular flexibility index (Phi) is 2.89. The maximum absolute atomic E-state index is 11.5. The molecule has 0 saturated carbocycles.